The summed E-state index contributed by atoms with van der Waals surface area (Å²) < 4.78 is 1.26. The smallest absolute Gasteiger partial charge is 0.240 e. The molecule has 1 aromatic heterocycles. The minimum atomic E-state index is 0.00219. The van der Waals surface area contributed by atoms with Gasteiger partial charge in [-0.3, -0.25) is 4.79 Å². The molecule has 1 amide bonds. The first-order valence-electron chi connectivity index (χ1n) is 5.59. The molecule has 1 unspecified atom stereocenters. The number of nitrogens with zero attached hydrogens (tertiary/aromatic N) is 1. The van der Waals surface area contributed by atoms with Gasteiger partial charge in [0, 0.05) is 17.0 Å². The van der Waals surface area contributed by atoms with Crippen LogP contribution >= 0.6 is 11.3 Å². The first kappa shape index (κ1) is 10.5. The molecule has 17 heavy (non-hydrogen) atoms. The Hall–Kier alpha value is -1.68. The summed E-state index contributed by atoms with van der Waals surface area (Å²) in [5, 5.41) is 5.42. The van der Waals surface area contributed by atoms with E-state index in [1.165, 1.54) is 10.1 Å². The number of carbonyl (C=O) groups is 1. The Kier molecular flexibility index (Phi) is 2.44. The maximum atomic E-state index is 11.2. The van der Waals surface area contributed by atoms with Crippen LogP contribution in [0.1, 0.15) is 18.2 Å². The summed E-state index contributed by atoms with van der Waals surface area (Å²) in [5.74, 6) is 0.194. The summed E-state index contributed by atoms with van der Waals surface area (Å²) in [6, 6.07) is 10.4. The maximum Gasteiger partial charge on any atom is 0.240 e. The fraction of sp³-hybridized carbons (Fsp3) is 0.231. The quantitative estimate of drug-likeness (QED) is 0.823. The molecule has 0 spiro atoms. The molecule has 0 saturated carbocycles. The second-order valence-corrected chi connectivity index (χ2v) is 5.37. The number of hydrogen-bond donors (Lipinski definition) is 1. The first-order valence-corrected chi connectivity index (χ1v) is 6.41. The van der Waals surface area contributed by atoms with E-state index >= 15 is 0 Å². The third-order valence-electron chi connectivity index (χ3n) is 2.94. The Morgan fingerprint density at radius 1 is 1.41 bits per heavy atom. The molecule has 0 radical (unpaired) electrons. The Morgan fingerprint density at radius 2 is 2.24 bits per heavy atom. The van der Waals surface area contributed by atoms with Crippen LogP contribution in [0.3, 0.4) is 0 Å². The van der Waals surface area contributed by atoms with Crippen LogP contribution in [0.5, 0.6) is 0 Å². The predicted molar refractivity (Wildman–Crippen MR) is 70.3 cm³/mol. The predicted octanol–water partition coefficient (Wildman–Crippen LogP) is 2.76. The van der Waals surface area contributed by atoms with Gasteiger partial charge in [0.15, 0.2) is 0 Å². The Labute approximate surface area is 103 Å². The van der Waals surface area contributed by atoms with Crippen LogP contribution in [0.25, 0.3) is 10.1 Å². The molecule has 2 heterocycles. The molecule has 1 aliphatic rings. The second kappa shape index (κ2) is 3.96. The van der Waals surface area contributed by atoms with Gasteiger partial charge in [0.25, 0.3) is 0 Å². The monoisotopic (exact) mass is 244 g/mol. The summed E-state index contributed by atoms with van der Waals surface area (Å²) in [4.78, 5) is 12.4. The van der Waals surface area contributed by atoms with Crippen LogP contribution in [0.2, 0.25) is 0 Å². The minimum Gasteiger partial charge on any atom is -0.273 e. The van der Waals surface area contributed by atoms with Crippen LogP contribution < -0.4 is 5.43 Å². The fourth-order valence-corrected chi connectivity index (χ4v) is 3.22. The topological polar surface area (TPSA) is 41.5 Å². The third kappa shape index (κ3) is 1.85. The van der Waals surface area contributed by atoms with Gasteiger partial charge in [-0.2, -0.15) is 5.10 Å². The lowest BCUT2D eigenvalue weighted by Crippen LogP contribution is -2.31. The van der Waals surface area contributed by atoms with Crippen molar-refractivity contribution < 1.29 is 4.79 Å². The molecular formula is C13H12N2OS. The highest BCUT2D eigenvalue weighted by atomic mass is 32.1. The van der Waals surface area contributed by atoms with Crippen molar-refractivity contribution in [2.75, 3.05) is 0 Å². The average molecular weight is 244 g/mol. The van der Waals surface area contributed by atoms with Crippen molar-refractivity contribution in [2.45, 2.75) is 13.3 Å². The van der Waals surface area contributed by atoms with E-state index in [-0.39, 0.29) is 11.8 Å². The molecule has 1 aromatic carbocycles. The van der Waals surface area contributed by atoms with Gasteiger partial charge in [0.2, 0.25) is 5.91 Å². The van der Waals surface area contributed by atoms with E-state index in [0.717, 1.165) is 10.6 Å². The zero-order chi connectivity index (χ0) is 11.8. The summed E-state index contributed by atoms with van der Waals surface area (Å²) in [6.07, 6.45) is 0.521. The lowest BCUT2D eigenvalue weighted by molar-refractivity contribution is -0.121. The van der Waals surface area contributed by atoms with E-state index in [4.69, 9.17) is 0 Å². The Balaban J connectivity index is 2.06. The standard InChI is InChI=1S/C13H12N2OS/c1-8-6-12(16)14-15-13(8)11-7-9-4-2-3-5-10(9)17-11/h2-5,7-8H,6H2,1H3,(H,14,16). The van der Waals surface area contributed by atoms with Gasteiger partial charge < -0.3 is 0 Å². The number of thiophene rings is 1. The molecular weight excluding hydrogens is 232 g/mol. The summed E-state index contributed by atoms with van der Waals surface area (Å²) in [6.45, 7) is 2.04. The van der Waals surface area contributed by atoms with Crippen LogP contribution in [0.15, 0.2) is 35.4 Å². The van der Waals surface area contributed by atoms with E-state index in [2.05, 4.69) is 28.7 Å². The molecule has 1 N–H and O–H groups in total. The molecule has 1 atom stereocenters. The lowest BCUT2D eigenvalue weighted by atomic mass is 9.99. The van der Waals surface area contributed by atoms with Crippen molar-refractivity contribution in [3.05, 3.63) is 35.2 Å². The highest BCUT2D eigenvalue weighted by Gasteiger charge is 2.22. The summed E-state index contributed by atoms with van der Waals surface area (Å²) in [7, 11) is 0. The molecule has 86 valence electrons. The van der Waals surface area contributed by atoms with Crippen molar-refractivity contribution in [1.82, 2.24) is 5.43 Å². The normalized spacial score (nSPS) is 20.2. The number of nitrogens with one attached hydrogen (secondary N) is 1. The van der Waals surface area contributed by atoms with E-state index in [9.17, 15) is 4.79 Å². The van der Waals surface area contributed by atoms with Crippen molar-refractivity contribution in [3.8, 4) is 0 Å². The van der Waals surface area contributed by atoms with Crippen molar-refractivity contribution in [1.29, 1.82) is 0 Å². The van der Waals surface area contributed by atoms with Crippen molar-refractivity contribution >= 4 is 33.0 Å². The SMILES string of the molecule is CC1CC(=O)NN=C1c1cc2ccccc2s1. The molecule has 0 aliphatic carbocycles. The largest absolute Gasteiger partial charge is 0.273 e. The fourth-order valence-electron chi connectivity index (χ4n) is 2.06. The molecule has 1 aliphatic heterocycles. The summed E-state index contributed by atoms with van der Waals surface area (Å²) >= 11 is 1.73. The molecule has 0 saturated heterocycles. The summed E-state index contributed by atoms with van der Waals surface area (Å²) in [5.41, 5.74) is 3.55. The Morgan fingerprint density at radius 3 is 3.00 bits per heavy atom. The number of rotatable bonds is 1. The van der Waals surface area contributed by atoms with Crippen LogP contribution in [-0.4, -0.2) is 11.6 Å². The van der Waals surface area contributed by atoms with Crippen LogP contribution in [0, 0.1) is 5.92 Å². The van der Waals surface area contributed by atoms with Gasteiger partial charge in [-0.25, -0.2) is 5.43 Å². The first-order chi connectivity index (χ1) is 8.24. The van der Waals surface area contributed by atoms with E-state index in [0.29, 0.717) is 6.42 Å². The van der Waals surface area contributed by atoms with Gasteiger partial charge in [-0.05, 0) is 17.5 Å². The molecule has 4 heteroatoms. The number of carbonyl (C=O) groups excluding carboxylic acids is 1. The van der Waals surface area contributed by atoms with E-state index in [1.807, 2.05) is 19.1 Å². The number of amides is 1. The number of hydrazone groups is 1. The Bertz CT molecular complexity index is 582. The molecule has 3 nitrogen and oxygen atoms in total. The van der Waals surface area contributed by atoms with Crippen molar-refractivity contribution in [3.63, 3.8) is 0 Å². The number of hydrogen-bond acceptors (Lipinski definition) is 3. The molecule has 3 rings (SSSR count). The third-order valence-corrected chi connectivity index (χ3v) is 4.08. The van der Waals surface area contributed by atoms with Gasteiger partial charge >= 0.3 is 0 Å². The van der Waals surface area contributed by atoms with E-state index < -0.39 is 0 Å². The van der Waals surface area contributed by atoms with Crippen molar-refractivity contribution in [2.24, 2.45) is 11.0 Å². The zero-order valence-electron chi connectivity index (χ0n) is 9.43. The molecule has 2 aromatic rings. The number of fused-ring (bicyclic) bond motifs is 1. The highest BCUT2D eigenvalue weighted by molar-refractivity contribution is 7.20. The highest BCUT2D eigenvalue weighted by Crippen LogP contribution is 2.28. The minimum absolute atomic E-state index is 0.00219. The lowest BCUT2D eigenvalue weighted by Gasteiger charge is -2.17. The van der Waals surface area contributed by atoms with E-state index in [1.54, 1.807) is 11.3 Å². The van der Waals surface area contributed by atoms with Gasteiger partial charge in [0.1, 0.15) is 0 Å². The van der Waals surface area contributed by atoms with Gasteiger partial charge in [0.05, 0.1) is 10.6 Å². The molecule has 0 bridgehead atoms. The van der Waals surface area contributed by atoms with Crippen LogP contribution in [0.4, 0.5) is 0 Å². The average Bonchev–Trinajstić information content (AvgIpc) is 2.72. The second-order valence-electron chi connectivity index (χ2n) is 4.29. The van der Waals surface area contributed by atoms with Gasteiger partial charge in [-0.1, -0.05) is 25.1 Å². The van der Waals surface area contributed by atoms with Crippen LogP contribution in [-0.2, 0) is 4.79 Å². The molecule has 0 fully saturated rings. The number of benzene rings is 1. The zero-order valence-corrected chi connectivity index (χ0v) is 10.3. The maximum absolute atomic E-state index is 11.2. The van der Waals surface area contributed by atoms with Gasteiger partial charge in [-0.15, -0.1) is 11.3 Å².